The molecule has 1 rings (SSSR count). The number of carboxylic acid groups (broad SMARTS) is 1. The Hall–Kier alpha value is -2.09. The Morgan fingerprint density at radius 3 is 2.05 bits per heavy atom. The second kappa shape index (κ2) is 4.88. The number of amides is 1. The van der Waals surface area contributed by atoms with Crippen LogP contribution in [0.4, 0.5) is 18.9 Å². The molecule has 0 bridgehead atoms. The fourth-order valence-corrected chi connectivity index (χ4v) is 1.09. The minimum atomic E-state index is -4.89. The zero-order valence-electron chi connectivity index (χ0n) is 9.78. The van der Waals surface area contributed by atoms with Gasteiger partial charge in [-0.2, -0.15) is 13.2 Å². The van der Waals surface area contributed by atoms with Gasteiger partial charge in [-0.15, -0.1) is 0 Å². The molecule has 0 saturated carbocycles. The summed E-state index contributed by atoms with van der Waals surface area (Å²) < 4.78 is 37.5. The van der Waals surface area contributed by atoms with Crippen LogP contribution < -0.4 is 11.1 Å². The van der Waals surface area contributed by atoms with Crippen molar-refractivity contribution >= 4 is 17.6 Å². The Morgan fingerprint density at radius 2 is 1.68 bits per heavy atom. The van der Waals surface area contributed by atoms with Crippen molar-refractivity contribution in [1.29, 1.82) is 0 Å². The summed E-state index contributed by atoms with van der Waals surface area (Å²) in [6, 6.07) is 4.65. The Bertz CT molecular complexity index is 495. The molecule has 5 nitrogen and oxygen atoms in total. The number of nitrogens with one attached hydrogen (secondary N) is 1. The van der Waals surface area contributed by atoms with Crippen LogP contribution in [0.15, 0.2) is 24.3 Å². The van der Waals surface area contributed by atoms with Crippen molar-refractivity contribution in [2.45, 2.75) is 18.6 Å². The highest BCUT2D eigenvalue weighted by Crippen LogP contribution is 2.29. The second-order valence-corrected chi connectivity index (χ2v) is 4.04. The lowest BCUT2D eigenvalue weighted by atomic mass is 10.0. The number of carbonyl (C=O) groups is 2. The zero-order chi connectivity index (χ0) is 14.8. The molecule has 0 spiro atoms. The summed E-state index contributed by atoms with van der Waals surface area (Å²) in [6.45, 7) is 0.550. The molecule has 19 heavy (non-hydrogen) atoms. The van der Waals surface area contributed by atoms with Crippen molar-refractivity contribution in [1.82, 2.24) is 0 Å². The predicted molar refractivity (Wildman–Crippen MR) is 60.7 cm³/mol. The van der Waals surface area contributed by atoms with Crippen molar-refractivity contribution in [3.05, 3.63) is 29.8 Å². The summed E-state index contributed by atoms with van der Waals surface area (Å²) in [5, 5.41) is 10.6. The lowest BCUT2D eigenvalue weighted by Gasteiger charge is -2.26. The van der Waals surface area contributed by atoms with Crippen LogP contribution in [-0.4, -0.2) is 28.7 Å². The molecule has 0 saturated heterocycles. The van der Waals surface area contributed by atoms with E-state index in [1.54, 1.807) is 0 Å². The number of aromatic carboxylic acids is 1. The van der Waals surface area contributed by atoms with E-state index in [1.165, 1.54) is 12.1 Å². The lowest BCUT2D eigenvalue weighted by Crippen LogP contribution is -2.59. The maximum Gasteiger partial charge on any atom is 0.415 e. The summed E-state index contributed by atoms with van der Waals surface area (Å²) in [5.74, 6) is -2.61. The standard InChI is InChI=1S/C11H11F3N2O3/c1-10(15,11(12,13)14)9(19)16-7-4-2-6(3-5-7)8(17)18/h2-5H,15H2,1H3,(H,16,19)(H,17,18). The Morgan fingerprint density at radius 1 is 1.21 bits per heavy atom. The molecule has 1 amide bonds. The molecule has 1 aromatic carbocycles. The summed E-state index contributed by atoms with van der Waals surface area (Å²) in [6.07, 6.45) is -4.89. The van der Waals surface area contributed by atoms with Crippen LogP contribution in [0.1, 0.15) is 17.3 Å². The average molecular weight is 276 g/mol. The van der Waals surface area contributed by atoms with E-state index >= 15 is 0 Å². The Labute approximate surface area is 106 Å². The van der Waals surface area contributed by atoms with Gasteiger partial charge in [0.05, 0.1) is 5.56 Å². The number of carbonyl (C=O) groups excluding carboxylic acids is 1. The number of hydrogen-bond donors (Lipinski definition) is 3. The summed E-state index contributed by atoms with van der Waals surface area (Å²) in [7, 11) is 0. The highest BCUT2D eigenvalue weighted by molar-refractivity contribution is 5.98. The van der Waals surface area contributed by atoms with Crippen LogP contribution in [0.25, 0.3) is 0 Å². The molecule has 0 aliphatic rings. The second-order valence-electron chi connectivity index (χ2n) is 4.04. The quantitative estimate of drug-likeness (QED) is 0.781. The number of nitrogens with two attached hydrogens (primary N) is 1. The van der Waals surface area contributed by atoms with E-state index in [2.05, 4.69) is 0 Å². The van der Waals surface area contributed by atoms with Gasteiger partial charge in [-0.05, 0) is 31.2 Å². The number of hydrogen-bond acceptors (Lipinski definition) is 3. The molecule has 0 aliphatic heterocycles. The summed E-state index contributed by atoms with van der Waals surface area (Å²) in [5.41, 5.74) is 1.88. The Balaban J connectivity index is 2.86. The van der Waals surface area contributed by atoms with Gasteiger partial charge in [-0.3, -0.25) is 4.79 Å². The van der Waals surface area contributed by atoms with Crippen LogP contribution in [0, 0.1) is 0 Å². The molecule has 0 fully saturated rings. The van der Waals surface area contributed by atoms with Crippen LogP contribution >= 0.6 is 0 Å². The normalized spacial score (nSPS) is 14.6. The van der Waals surface area contributed by atoms with Gasteiger partial charge in [0.25, 0.3) is 5.91 Å². The van der Waals surface area contributed by atoms with Gasteiger partial charge >= 0.3 is 12.1 Å². The zero-order valence-corrected chi connectivity index (χ0v) is 9.78. The largest absolute Gasteiger partial charge is 0.478 e. The van der Waals surface area contributed by atoms with Gasteiger partial charge in [-0.25, -0.2) is 4.79 Å². The van der Waals surface area contributed by atoms with Crippen LogP contribution in [0.5, 0.6) is 0 Å². The van der Waals surface area contributed by atoms with E-state index in [0.717, 1.165) is 12.1 Å². The average Bonchev–Trinajstić information content (AvgIpc) is 2.28. The minimum absolute atomic E-state index is 0.0240. The molecular weight excluding hydrogens is 265 g/mol. The first kappa shape index (κ1) is 15.0. The van der Waals surface area contributed by atoms with Gasteiger partial charge in [0.15, 0.2) is 5.54 Å². The molecule has 0 aromatic heterocycles. The number of halogens is 3. The highest BCUT2D eigenvalue weighted by Gasteiger charge is 2.53. The minimum Gasteiger partial charge on any atom is -0.478 e. The SMILES string of the molecule is CC(N)(C(=O)Nc1ccc(C(=O)O)cc1)C(F)(F)F. The molecule has 104 valence electrons. The van der Waals surface area contributed by atoms with Gasteiger partial charge in [0, 0.05) is 5.69 Å². The first-order valence-electron chi connectivity index (χ1n) is 5.06. The molecule has 0 heterocycles. The highest BCUT2D eigenvalue weighted by atomic mass is 19.4. The van der Waals surface area contributed by atoms with Crippen molar-refractivity contribution in [2.75, 3.05) is 5.32 Å². The van der Waals surface area contributed by atoms with E-state index < -0.39 is 23.6 Å². The molecule has 0 aliphatic carbocycles. The number of anilines is 1. The molecule has 1 atom stereocenters. The van der Waals surface area contributed by atoms with Crippen LogP contribution in [0.2, 0.25) is 0 Å². The first-order valence-corrected chi connectivity index (χ1v) is 5.06. The third kappa shape index (κ3) is 3.22. The van der Waals surface area contributed by atoms with E-state index in [4.69, 9.17) is 10.8 Å². The monoisotopic (exact) mass is 276 g/mol. The lowest BCUT2D eigenvalue weighted by molar-refractivity contribution is -0.184. The maximum atomic E-state index is 12.5. The number of rotatable bonds is 3. The van der Waals surface area contributed by atoms with E-state index in [0.29, 0.717) is 6.92 Å². The molecule has 1 unspecified atom stereocenters. The molecule has 4 N–H and O–H groups in total. The smallest absolute Gasteiger partial charge is 0.415 e. The van der Waals surface area contributed by atoms with E-state index in [1.807, 2.05) is 5.32 Å². The number of carboxylic acids is 1. The van der Waals surface area contributed by atoms with Crippen LogP contribution in [-0.2, 0) is 4.79 Å². The maximum absolute atomic E-state index is 12.5. The summed E-state index contributed by atoms with van der Waals surface area (Å²) in [4.78, 5) is 22.0. The predicted octanol–water partition coefficient (Wildman–Crippen LogP) is 1.60. The fourth-order valence-electron chi connectivity index (χ4n) is 1.09. The molecule has 8 heteroatoms. The van der Waals surface area contributed by atoms with Crippen molar-refractivity contribution < 1.29 is 27.9 Å². The van der Waals surface area contributed by atoms with E-state index in [9.17, 15) is 22.8 Å². The van der Waals surface area contributed by atoms with Gasteiger partial charge in [0.1, 0.15) is 0 Å². The topological polar surface area (TPSA) is 92.4 Å². The van der Waals surface area contributed by atoms with E-state index in [-0.39, 0.29) is 11.3 Å². The fraction of sp³-hybridized carbons (Fsp3) is 0.273. The first-order chi connectivity index (χ1) is 8.55. The molecule has 0 radical (unpaired) electrons. The number of benzene rings is 1. The Kier molecular flexibility index (Phi) is 3.85. The third-order valence-corrected chi connectivity index (χ3v) is 2.45. The molecule has 1 aromatic rings. The van der Waals surface area contributed by atoms with Crippen molar-refractivity contribution in [2.24, 2.45) is 5.73 Å². The number of alkyl halides is 3. The van der Waals surface area contributed by atoms with Crippen LogP contribution in [0.3, 0.4) is 0 Å². The van der Waals surface area contributed by atoms with Gasteiger partial charge in [-0.1, -0.05) is 0 Å². The van der Waals surface area contributed by atoms with Crippen molar-refractivity contribution in [3.63, 3.8) is 0 Å². The van der Waals surface area contributed by atoms with Gasteiger partial charge in [0.2, 0.25) is 0 Å². The van der Waals surface area contributed by atoms with Crippen molar-refractivity contribution in [3.8, 4) is 0 Å². The molecular formula is C11H11F3N2O3. The third-order valence-electron chi connectivity index (χ3n) is 2.45. The summed E-state index contributed by atoms with van der Waals surface area (Å²) >= 11 is 0. The van der Waals surface area contributed by atoms with Gasteiger partial charge < -0.3 is 16.2 Å².